The molecule has 0 saturated carbocycles. The second kappa shape index (κ2) is 5.85. The van der Waals surface area contributed by atoms with Crippen LogP contribution in [0, 0.1) is 0 Å². The smallest absolute Gasteiger partial charge is 0.340 e. The summed E-state index contributed by atoms with van der Waals surface area (Å²) >= 11 is 0. The number of benzene rings is 1. The Hall–Kier alpha value is -2.57. The summed E-state index contributed by atoms with van der Waals surface area (Å²) in [7, 11) is 1.34. The van der Waals surface area contributed by atoms with Crippen LogP contribution in [0.3, 0.4) is 0 Å². The fourth-order valence-electron chi connectivity index (χ4n) is 1.69. The van der Waals surface area contributed by atoms with E-state index in [1.165, 1.54) is 7.11 Å². The van der Waals surface area contributed by atoms with Gasteiger partial charge >= 0.3 is 5.97 Å². The van der Waals surface area contributed by atoms with E-state index < -0.39 is 5.97 Å². The lowest BCUT2D eigenvalue weighted by molar-refractivity contribution is 0.0602. The number of ether oxygens (including phenoxy) is 1. The monoisotopic (exact) mass is 261 g/mol. The lowest BCUT2D eigenvalue weighted by atomic mass is 10.1. The SMILES string of the molecule is COC(=O)c1cccc(N)c1NCCn1ccnn1. The van der Waals surface area contributed by atoms with Gasteiger partial charge in [0.15, 0.2) is 0 Å². The van der Waals surface area contributed by atoms with Crippen molar-refractivity contribution in [2.45, 2.75) is 6.54 Å². The molecule has 0 amide bonds. The molecule has 0 spiro atoms. The largest absolute Gasteiger partial charge is 0.465 e. The van der Waals surface area contributed by atoms with Gasteiger partial charge in [0.25, 0.3) is 0 Å². The zero-order valence-corrected chi connectivity index (χ0v) is 10.5. The van der Waals surface area contributed by atoms with Gasteiger partial charge in [0, 0.05) is 12.7 Å². The lowest BCUT2D eigenvalue weighted by Crippen LogP contribution is -2.15. The fourth-order valence-corrected chi connectivity index (χ4v) is 1.69. The summed E-state index contributed by atoms with van der Waals surface area (Å²) in [6, 6.07) is 5.11. The zero-order chi connectivity index (χ0) is 13.7. The maximum Gasteiger partial charge on any atom is 0.340 e. The molecule has 0 radical (unpaired) electrons. The van der Waals surface area contributed by atoms with Crippen LogP contribution in [0.1, 0.15) is 10.4 Å². The van der Waals surface area contributed by atoms with E-state index in [0.717, 1.165) is 0 Å². The van der Waals surface area contributed by atoms with Crippen molar-refractivity contribution in [3.05, 3.63) is 36.2 Å². The van der Waals surface area contributed by atoms with Crippen LogP contribution in [0.5, 0.6) is 0 Å². The highest BCUT2D eigenvalue weighted by atomic mass is 16.5. The Kier molecular flexibility index (Phi) is 3.97. The standard InChI is InChI=1S/C12H15N5O2/c1-19-12(18)9-3-2-4-10(13)11(9)14-5-7-17-8-6-15-16-17/h2-4,6,8,14H,5,7,13H2,1H3. The third-order valence-corrected chi connectivity index (χ3v) is 2.62. The van der Waals surface area contributed by atoms with Gasteiger partial charge in [-0.05, 0) is 12.1 Å². The summed E-state index contributed by atoms with van der Waals surface area (Å²) in [5, 5.41) is 10.7. The van der Waals surface area contributed by atoms with Crippen LogP contribution in [0.4, 0.5) is 11.4 Å². The minimum Gasteiger partial charge on any atom is -0.465 e. The van der Waals surface area contributed by atoms with E-state index >= 15 is 0 Å². The van der Waals surface area contributed by atoms with Crippen LogP contribution in [0.15, 0.2) is 30.6 Å². The first-order chi connectivity index (χ1) is 9.22. The molecule has 7 heteroatoms. The van der Waals surface area contributed by atoms with Gasteiger partial charge in [-0.25, -0.2) is 4.79 Å². The quantitative estimate of drug-likeness (QED) is 0.609. The number of rotatable bonds is 5. The van der Waals surface area contributed by atoms with Crippen LogP contribution < -0.4 is 11.1 Å². The molecule has 0 bridgehead atoms. The topological polar surface area (TPSA) is 95.1 Å². The van der Waals surface area contributed by atoms with Gasteiger partial charge in [0.2, 0.25) is 0 Å². The maximum absolute atomic E-state index is 11.6. The third-order valence-electron chi connectivity index (χ3n) is 2.62. The molecule has 0 aliphatic carbocycles. The highest BCUT2D eigenvalue weighted by molar-refractivity contribution is 5.98. The molecule has 19 heavy (non-hydrogen) atoms. The predicted molar refractivity (Wildman–Crippen MR) is 70.7 cm³/mol. The van der Waals surface area contributed by atoms with Gasteiger partial charge in [0.05, 0.1) is 36.8 Å². The molecule has 2 aromatic rings. The minimum absolute atomic E-state index is 0.418. The number of esters is 1. The molecule has 1 aromatic carbocycles. The number of para-hydroxylation sites is 1. The average molecular weight is 261 g/mol. The molecule has 1 heterocycles. The van der Waals surface area contributed by atoms with Crippen molar-refractivity contribution in [2.24, 2.45) is 0 Å². The van der Waals surface area contributed by atoms with Gasteiger partial charge in [-0.1, -0.05) is 11.3 Å². The number of anilines is 2. The number of aromatic nitrogens is 3. The Balaban J connectivity index is 2.08. The molecule has 7 nitrogen and oxygen atoms in total. The van der Waals surface area contributed by atoms with Crippen molar-refractivity contribution < 1.29 is 9.53 Å². The maximum atomic E-state index is 11.6. The van der Waals surface area contributed by atoms with Gasteiger partial charge in [-0.2, -0.15) is 0 Å². The van der Waals surface area contributed by atoms with Crippen LogP contribution >= 0.6 is 0 Å². The van der Waals surface area contributed by atoms with Crippen LogP contribution in [0.25, 0.3) is 0 Å². The molecule has 0 fully saturated rings. The van der Waals surface area contributed by atoms with Crippen molar-refractivity contribution in [3.8, 4) is 0 Å². The third kappa shape index (κ3) is 3.01. The first-order valence-electron chi connectivity index (χ1n) is 5.77. The van der Waals surface area contributed by atoms with Gasteiger partial charge in [-0.3, -0.25) is 4.68 Å². The number of nitrogens with one attached hydrogen (secondary N) is 1. The molecular weight excluding hydrogens is 246 g/mol. The Morgan fingerprint density at radius 2 is 2.37 bits per heavy atom. The summed E-state index contributed by atoms with van der Waals surface area (Å²) in [6.45, 7) is 1.19. The minimum atomic E-state index is -0.421. The first kappa shape index (κ1) is 12.9. The molecule has 100 valence electrons. The van der Waals surface area contributed by atoms with Crippen molar-refractivity contribution >= 4 is 17.3 Å². The molecule has 1 aromatic heterocycles. The average Bonchev–Trinajstić information content (AvgIpc) is 2.93. The Labute approximate surface area is 110 Å². The van der Waals surface area contributed by atoms with Crippen molar-refractivity contribution in [1.29, 1.82) is 0 Å². The number of nitrogens with zero attached hydrogens (tertiary/aromatic N) is 3. The molecule has 0 aliphatic rings. The Morgan fingerprint density at radius 3 is 3.05 bits per heavy atom. The number of methoxy groups -OCH3 is 1. The zero-order valence-electron chi connectivity index (χ0n) is 10.5. The molecule has 0 aliphatic heterocycles. The molecule has 0 atom stereocenters. The summed E-state index contributed by atoms with van der Waals surface area (Å²) in [4.78, 5) is 11.6. The van der Waals surface area contributed by atoms with Crippen molar-refractivity contribution in [1.82, 2.24) is 15.0 Å². The second-order valence-electron chi connectivity index (χ2n) is 3.85. The van der Waals surface area contributed by atoms with Crippen LogP contribution in [-0.2, 0) is 11.3 Å². The van der Waals surface area contributed by atoms with Crippen molar-refractivity contribution in [3.63, 3.8) is 0 Å². The van der Waals surface area contributed by atoms with Crippen LogP contribution in [0.2, 0.25) is 0 Å². The van der Waals surface area contributed by atoms with E-state index in [-0.39, 0.29) is 0 Å². The van der Waals surface area contributed by atoms with Gasteiger partial charge in [0.1, 0.15) is 0 Å². The molecule has 3 N–H and O–H groups in total. The number of hydrogen-bond donors (Lipinski definition) is 2. The summed E-state index contributed by atoms with van der Waals surface area (Å²) < 4.78 is 6.41. The number of nitrogens with two attached hydrogens (primary N) is 1. The summed E-state index contributed by atoms with van der Waals surface area (Å²) in [5.74, 6) is -0.421. The van der Waals surface area contributed by atoms with E-state index in [1.54, 1.807) is 35.3 Å². The van der Waals surface area contributed by atoms with E-state index in [2.05, 4.69) is 15.6 Å². The van der Waals surface area contributed by atoms with E-state index in [4.69, 9.17) is 10.5 Å². The number of hydrogen-bond acceptors (Lipinski definition) is 6. The highest BCUT2D eigenvalue weighted by Crippen LogP contribution is 2.23. The molecular formula is C12H15N5O2. The van der Waals surface area contributed by atoms with Gasteiger partial charge in [-0.15, -0.1) is 5.10 Å². The molecule has 0 saturated heterocycles. The normalized spacial score (nSPS) is 10.2. The highest BCUT2D eigenvalue weighted by Gasteiger charge is 2.13. The molecule has 0 unspecified atom stereocenters. The molecule has 2 rings (SSSR count). The fraction of sp³-hybridized carbons (Fsp3) is 0.250. The number of carbonyl (C=O) groups is 1. The van der Waals surface area contributed by atoms with E-state index in [9.17, 15) is 4.79 Å². The van der Waals surface area contributed by atoms with Crippen LogP contribution in [-0.4, -0.2) is 34.6 Å². The second-order valence-corrected chi connectivity index (χ2v) is 3.85. The summed E-state index contributed by atoms with van der Waals surface area (Å²) in [5.41, 5.74) is 7.37. The Morgan fingerprint density at radius 1 is 1.53 bits per heavy atom. The number of carbonyl (C=O) groups excluding carboxylic acids is 1. The summed E-state index contributed by atoms with van der Waals surface area (Å²) in [6.07, 6.45) is 3.37. The van der Waals surface area contributed by atoms with Gasteiger partial charge < -0.3 is 15.8 Å². The first-order valence-corrected chi connectivity index (χ1v) is 5.77. The Bertz CT molecular complexity index is 553. The van der Waals surface area contributed by atoms with Crippen molar-refractivity contribution in [2.75, 3.05) is 24.7 Å². The lowest BCUT2D eigenvalue weighted by Gasteiger charge is -2.13. The predicted octanol–water partition coefficient (Wildman–Crippen LogP) is 0.759. The van der Waals surface area contributed by atoms with E-state index in [1.807, 2.05) is 0 Å². The van der Waals surface area contributed by atoms with E-state index in [0.29, 0.717) is 30.0 Å². The number of nitrogen functional groups attached to an aromatic ring is 1.